The summed E-state index contributed by atoms with van der Waals surface area (Å²) in [5.41, 5.74) is 7.84. The van der Waals surface area contributed by atoms with Crippen LogP contribution in [0, 0.1) is 30.1 Å². The zero-order valence-electron chi connectivity index (χ0n) is 57.6. The number of aldehydes is 1. The molecular formula is C68H99BN10NaO15S4. The summed E-state index contributed by atoms with van der Waals surface area (Å²) in [5.74, 6) is 0.406. The predicted octanol–water partition coefficient (Wildman–Crippen LogP) is 5.79. The van der Waals surface area contributed by atoms with Gasteiger partial charge in [0.05, 0.1) is 35.8 Å². The first-order valence-corrected chi connectivity index (χ1v) is 36.3. The van der Waals surface area contributed by atoms with Crippen molar-refractivity contribution in [3.63, 3.8) is 0 Å². The Morgan fingerprint density at radius 3 is 1.35 bits per heavy atom. The minimum atomic E-state index is -3.44. The van der Waals surface area contributed by atoms with Crippen LogP contribution in [0.5, 0.6) is 0 Å². The number of pyridine rings is 4. The van der Waals surface area contributed by atoms with Gasteiger partial charge in [0.15, 0.2) is 39.7 Å². The molecule has 3 radical (unpaired) electrons. The van der Waals surface area contributed by atoms with Crippen LogP contribution in [-0.2, 0) is 78.9 Å². The number of piperidine rings is 2. The number of carbonyl (C=O) groups is 3. The predicted molar refractivity (Wildman–Crippen MR) is 376 cm³/mol. The molecule has 2 amide bonds. The van der Waals surface area contributed by atoms with Gasteiger partial charge in [-0.2, -0.15) is 28.8 Å². The van der Waals surface area contributed by atoms with Gasteiger partial charge in [-0.25, -0.2) is 46.7 Å². The van der Waals surface area contributed by atoms with Gasteiger partial charge in [0.1, 0.15) is 27.0 Å². The van der Waals surface area contributed by atoms with E-state index in [2.05, 4.69) is 94.5 Å². The fourth-order valence-electron chi connectivity index (χ4n) is 11.0. The van der Waals surface area contributed by atoms with Crippen LogP contribution in [0.1, 0.15) is 201 Å². The molecule has 539 valence electrons. The number of sulfone groups is 2. The number of carbonyl (C=O) groups excluding carboxylic acids is 9. The van der Waals surface area contributed by atoms with E-state index in [9.17, 15) is 36.3 Å². The maximum Gasteiger partial charge on any atom is 1.00 e. The van der Waals surface area contributed by atoms with Crippen LogP contribution >= 0.6 is 22.7 Å². The quantitative estimate of drug-likeness (QED) is 0.0461. The van der Waals surface area contributed by atoms with E-state index in [1.54, 1.807) is 32.2 Å². The Morgan fingerprint density at radius 1 is 0.646 bits per heavy atom. The first-order chi connectivity index (χ1) is 44.6. The van der Waals surface area contributed by atoms with Crippen LogP contribution in [0.3, 0.4) is 0 Å². The molecule has 0 saturated carbocycles. The number of aliphatic hydroxyl groups excluding tert-OH is 2. The topological polar surface area (TPSA) is 379 Å². The second-order valence-electron chi connectivity index (χ2n) is 24.7. The van der Waals surface area contributed by atoms with Gasteiger partial charge in [0.25, 0.3) is 11.8 Å². The smallest absolute Gasteiger partial charge is 0.393 e. The molecule has 25 nitrogen and oxygen atoms in total. The third-order valence-corrected chi connectivity index (χ3v) is 21.8. The van der Waals surface area contributed by atoms with E-state index in [0.29, 0.717) is 40.6 Å². The third kappa shape index (κ3) is 29.1. The van der Waals surface area contributed by atoms with E-state index >= 15 is 0 Å². The van der Waals surface area contributed by atoms with Crippen LogP contribution in [0.4, 0.5) is 0 Å². The summed E-state index contributed by atoms with van der Waals surface area (Å²) in [5, 5.41) is 28.5. The number of nitrogens with zero attached hydrogens (tertiary/aromatic N) is 7. The summed E-state index contributed by atoms with van der Waals surface area (Å²) in [6.45, 7) is 25.1. The fraction of sp³-hybridized carbons (Fsp3) is 0.574. The van der Waals surface area contributed by atoms with Gasteiger partial charge in [-0.05, 0) is 153 Å². The number of thiazole rings is 2. The number of hydrogen-bond donors (Lipinski definition) is 5. The number of amides is 2. The summed E-state index contributed by atoms with van der Waals surface area (Å²) in [4.78, 5) is 118. The van der Waals surface area contributed by atoms with E-state index in [0.717, 1.165) is 129 Å². The molecule has 2 aliphatic heterocycles. The monoisotopic (exact) mass is 1460 g/mol. The molecule has 0 aromatic carbocycles. The molecule has 10 rings (SSSR count). The molecular weight excluding hydrogens is 1360 g/mol. The van der Waals surface area contributed by atoms with Crippen LogP contribution in [0.25, 0.3) is 20.7 Å². The summed E-state index contributed by atoms with van der Waals surface area (Å²) < 4.78 is 48.6. The first-order valence-electron chi connectivity index (χ1n) is 31.4. The fourth-order valence-corrected chi connectivity index (χ4v) is 14.2. The number of likely N-dealkylation sites (tertiary alicyclic amines) is 1. The van der Waals surface area contributed by atoms with Crippen molar-refractivity contribution in [3.05, 3.63) is 99.9 Å². The van der Waals surface area contributed by atoms with Crippen molar-refractivity contribution in [1.82, 2.24) is 50.8 Å². The Hall–Kier alpha value is -6.07. The number of nitrogens with one attached hydrogen (secondary N) is 3. The molecule has 0 spiro atoms. The van der Waals surface area contributed by atoms with Crippen molar-refractivity contribution in [2.24, 2.45) is 22.7 Å². The molecule has 0 bridgehead atoms. The van der Waals surface area contributed by atoms with Crippen LogP contribution in [-0.4, -0.2) is 163 Å². The molecule has 6 aromatic heterocycles. The Bertz CT molecular complexity index is 3750. The standard InChI is InChI=1S/C30H41N5O4S2.C25H30N4O4S2.C5H11NO.C2H6.3CO2.2CH4.CH3.B.Na/c1-5-41(38,39)26-9-6-19(18-31-26)24(12-15-35-13-10-22(36)11-14-35)32-27(37)29-34-25-17-20-16-21(30(2,3)4)7-8-23(20)33-28(25)40-29;1-5-35(32,33)21-9-6-15(14-26-21)19(10-11-30)27-22(31)24-29-20-13-16-12-17(25(2,3)4)7-8-18(16)28-23(20)34-24;7-5-1-3-6-4-2-5;1-2;3*2-1-3;;;;;/h6,9,17-18,21-22,24,36H,5,7-8,10-16H2,1-4H3,(H,32,37);6,9,11,13-14,17,19H,5,7-8,10,12H2,1-4H3,(H,27,31);5-7H,1-4H2;1-2H3;;;;2*1H4;1H3;;/q;;;;;;;;;-1;;+1/t21-,24+;17-,19+;;;;;;;;;;/m00........../s1. The van der Waals surface area contributed by atoms with Crippen LogP contribution in [0.2, 0.25) is 0 Å². The first kappa shape index (κ1) is 95.0. The summed E-state index contributed by atoms with van der Waals surface area (Å²) in [7, 11) is -6.86. The SMILES string of the molecule is C.C.CC.CCS(=O)(=O)c1ccc([C@@H](CC=O)NC(=O)c2nc3cc4c(nc3s2)CC[C@H](C(C)(C)C)C4)cn1.CCS(=O)(=O)c1ccc([C@@H](CCN2CCC(O)CC2)NC(=O)c2nc3cc4c(nc3s2)CC[C@H](C(C)(C)C)C4)cn1.O=C=O.O=C=O.O=C=O.OC1CCNCC1.[B].[CH3-].[Na+]. The van der Waals surface area contributed by atoms with Gasteiger partial charge in [0, 0.05) is 58.2 Å². The average Bonchev–Trinajstić information content (AvgIpc) is 1.72. The number of hydrogen-bond acceptors (Lipinski definition) is 25. The Kier molecular flexibility index (Phi) is 43.9. The normalized spacial score (nSPS) is 16.3. The molecule has 2 fully saturated rings. The summed E-state index contributed by atoms with van der Waals surface area (Å²) in [6.07, 6.45) is 14.1. The van der Waals surface area contributed by atoms with Gasteiger partial charge < -0.3 is 43.3 Å². The van der Waals surface area contributed by atoms with E-state index in [-0.39, 0.29) is 147 Å². The second kappa shape index (κ2) is 45.7. The minimum absolute atomic E-state index is 0. The van der Waals surface area contributed by atoms with Crippen molar-refractivity contribution >= 4 is 108 Å². The van der Waals surface area contributed by atoms with Crippen molar-refractivity contribution < 1.29 is 99.8 Å². The van der Waals surface area contributed by atoms with Crippen molar-refractivity contribution in [2.75, 3.05) is 44.2 Å². The van der Waals surface area contributed by atoms with Gasteiger partial charge in [-0.15, -0.1) is 0 Å². The van der Waals surface area contributed by atoms with Gasteiger partial charge in [-0.3, -0.25) is 9.59 Å². The maximum atomic E-state index is 13.5. The van der Waals surface area contributed by atoms with E-state index in [1.165, 1.54) is 52.1 Å². The number of aromatic nitrogens is 6. The molecule has 99 heavy (non-hydrogen) atoms. The number of aryl methyl sites for hydroxylation is 2. The molecule has 2 aliphatic carbocycles. The molecule has 5 N–H and O–H groups in total. The van der Waals surface area contributed by atoms with Crippen molar-refractivity contribution in [3.8, 4) is 0 Å². The molecule has 8 heterocycles. The number of rotatable bonds is 15. The van der Waals surface area contributed by atoms with Crippen LogP contribution in [0.15, 0.2) is 58.8 Å². The van der Waals surface area contributed by atoms with E-state index < -0.39 is 31.6 Å². The van der Waals surface area contributed by atoms with Crippen LogP contribution < -0.4 is 45.5 Å². The third-order valence-electron chi connectivity index (χ3n) is 16.6. The Labute approximate surface area is 616 Å². The Balaban J connectivity index is 0. The zero-order chi connectivity index (χ0) is 70.0. The van der Waals surface area contributed by atoms with Gasteiger partial charge in [-0.1, -0.05) is 119 Å². The molecule has 4 aliphatic rings. The van der Waals surface area contributed by atoms with Crippen molar-refractivity contribution in [1.29, 1.82) is 0 Å². The maximum absolute atomic E-state index is 13.5. The second-order valence-corrected chi connectivity index (χ2v) is 31.1. The zero-order valence-corrected chi connectivity index (χ0v) is 62.9. The minimum Gasteiger partial charge on any atom is -0.393 e. The van der Waals surface area contributed by atoms with E-state index in [1.807, 2.05) is 13.8 Å². The van der Waals surface area contributed by atoms with Crippen molar-refractivity contribution in [2.45, 2.75) is 195 Å². The largest absolute Gasteiger partial charge is 1.00 e. The summed E-state index contributed by atoms with van der Waals surface area (Å²) in [6, 6.07) is 9.37. The van der Waals surface area contributed by atoms with Gasteiger partial charge >= 0.3 is 48.0 Å². The molecule has 4 atom stereocenters. The van der Waals surface area contributed by atoms with Gasteiger partial charge in [0.2, 0.25) is 0 Å². The summed E-state index contributed by atoms with van der Waals surface area (Å²) >= 11 is 2.54. The molecule has 0 unspecified atom stereocenters. The molecule has 2 saturated heterocycles. The molecule has 31 heteroatoms. The average molecular weight is 1460 g/mol. The molecule has 6 aromatic rings. The number of fused-ring (bicyclic) bond motifs is 4. The number of aliphatic hydroxyl groups is 2. The Morgan fingerprint density at radius 2 is 1.02 bits per heavy atom. The van der Waals surface area contributed by atoms with E-state index in [4.69, 9.17) is 43.8 Å².